The summed E-state index contributed by atoms with van der Waals surface area (Å²) in [5.74, 6) is -0.786. The molecular weight excluding hydrogens is 214 g/mol. The summed E-state index contributed by atoms with van der Waals surface area (Å²) in [5, 5.41) is 9.14. The van der Waals surface area contributed by atoms with Crippen LogP contribution >= 0.6 is 0 Å². The number of hydrogen-bond acceptors (Lipinski definition) is 2. The second kappa shape index (κ2) is 5.21. The second-order valence-electron chi connectivity index (χ2n) is 4.55. The lowest BCUT2D eigenvalue weighted by Gasteiger charge is -2.30. The average Bonchev–Trinajstić information content (AvgIpc) is 2.21. The van der Waals surface area contributed by atoms with Gasteiger partial charge in [-0.05, 0) is 45.7 Å². The zero-order chi connectivity index (χ0) is 13.2. The number of benzene rings is 1. The minimum atomic E-state index is -0.786. The van der Waals surface area contributed by atoms with Crippen molar-refractivity contribution in [3.8, 4) is 0 Å². The Balaban J connectivity index is 3.25. The maximum Gasteiger partial charge on any atom is 0.326 e. The summed E-state index contributed by atoms with van der Waals surface area (Å²) < 4.78 is 0. The van der Waals surface area contributed by atoms with Gasteiger partial charge >= 0.3 is 5.97 Å². The van der Waals surface area contributed by atoms with Gasteiger partial charge in [0.25, 0.3) is 0 Å². The summed E-state index contributed by atoms with van der Waals surface area (Å²) in [5.41, 5.74) is 4.53. The van der Waals surface area contributed by atoms with Crippen molar-refractivity contribution >= 4 is 11.7 Å². The summed E-state index contributed by atoms with van der Waals surface area (Å²) in [6.07, 6.45) is 0. The van der Waals surface area contributed by atoms with Crippen molar-refractivity contribution in [2.75, 3.05) is 11.4 Å². The molecule has 0 heterocycles. The molecule has 1 aromatic carbocycles. The predicted molar refractivity (Wildman–Crippen MR) is 70.8 cm³/mol. The number of aryl methyl sites for hydroxylation is 3. The van der Waals surface area contributed by atoms with Gasteiger partial charge in [0.2, 0.25) is 0 Å². The Kier molecular flexibility index (Phi) is 4.16. The van der Waals surface area contributed by atoms with Gasteiger partial charge in [-0.25, -0.2) is 4.79 Å². The quantitative estimate of drug-likeness (QED) is 0.872. The normalized spacial score (nSPS) is 12.3. The Bertz CT molecular complexity index is 403. The number of nitrogens with zero attached hydrogens (tertiary/aromatic N) is 1. The van der Waals surface area contributed by atoms with Crippen LogP contribution in [0.15, 0.2) is 12.1 Å². The van der Waals surface area contributed by atoms with Crippen molar-refractivity contribution in [3.05, 3.63) is 28.8 Å². The lowest BCUT2D eigenvalue weighted by atomic mass is 10.0. The van der Waals surface area contributed by atoms with E-state index in [1.807, 2.05) is 25.7 Å². The lowest BCUT2D eigenvalue weighted by Crippen LogP contribution is -2.39. The SMILES string of the molecule is CCN(c1c(C)cc(C)cc1C)C(C)C(=O)O. The van der Waals surface area contributed by atoms with Gasteiger partial charge in [-0.15, -0.1) is 0 Å². The molecule has 1 rings (SSSR count). The monoisotopic (exact) mass is 235 g/mol. The van der Waals surface area contributed by atoms with E-state index in [1.165, 1.54) is 5.56 Å². The van der Waals surface area contributed by atoms with Crippen molar-refractivity contribution < 1.29 is 9.90 Å². The minimum Gasteiger partial charge on any atom is -0.480 e. The Morgan fingerprint density at radius 1 is 1.29 bits per heavy atom. The summed E-state index contributed by atoms with van der Waals surface area (Å²) in [7, 11) is 0. The highest BCUT2D eigenvalue weighted by Crippen LogP contribution is 2.27. The third-order valence-corrected chi connectivity index (χ3v) is 3.09. The molecule has 0 saturated carbocycles. The molecule has 0 saturated heterocycles. The molecule has 1 aromatic rings. The van der Waals surface area contributed by atoms with Crippen LogP contribution in [0.1, 0.15) is 30.5 Å². The van der Waals surface area contributed by atoms with Crippen molar-refractivity contribution in [1.29, 1.82) is 0 Å². The standard InChI is InChI=1S/C14H21NO2/c1-6-15(12(5)14(16)17)13-10(3)7-9(2)8-11(13)4/h7-8,12H,6H2,1-5H3,(H,16,17). The van der Waals surface area contributed by atoms with E-state index in [2.05, 4.69) is 19.1 Å². The van der Waals surface area contributed by atoms with Crippen molar-refractivity contribution in [1.82, 2.24) is 0 Å². The second-order valence-corrected chi connectivity index (χ2v) is 4.55. The van der Waals surface area contributed by atoms with Gasteiger partial charge in [0.05, 0.1) is 0 Å². The van der Waals surface area contributed by atoms with E-state index in [0.29, 0.717) is 6.54 Å². The first-order valence-corrected chi connectivity index (χ1v) is 5.95. The Morgan fingerprint density at radius 3 is 2.12 bits per heavy atom. The van der Waals surface area contributed by atoms with Crippen LogP contribution in [-0.2, 0) is 4.79 Å². The van der Waals surface area contributed by atoms with E-state index in [9.17, 15) is 4.79 Å². The summed E-state index contributed by atoms with van der Waals surface area (Å²) in [4.78, 5) is 13.1. The summed E-state index contributed by atoms with van der Waals surface area (Å²) in [6.45, 7) is 10.5. The fourth-order valence-corrected chi connectivity index (χ4v) is 2.38. The zero-order valence-corrected chi connectivity index (χ0v) is 11.2. The van der Waals surface area contributed by atoms with Gasteiger partial charge in [-0.1, -0.05) is 17.7 Å². The number of hydrogen-bond donors (Lipinski definition) is 1. The fourth-order valence-electron chi connectivity index (χ4n) is 2.38. The highest BCUT2D eigenvalue weighted by Gasteiger charge is 2.22. The molecule has 0 aliphatic carbocycles. The third-order valence-electron chi connectivity index (χ3n) is 3.09. The molecule has 1 atom stereocenters. The van der Waals surface area contributed by atoms with Crippen molar-refractivity contribution in [2.24, 2.45) is 0 Å². The molecule has 3 nitrogen and oxygen atoms in total. The number of rotatable bonds is 4. The van der Waals surface area contributed by atoms with E-state index in [-0.39, 0.29) is 0 Å². The Labute approximate surface area is 103 Å². The van der Waals surface area contributed by atoms with Crippen LogP contribution in [0, 0.1) is 20.8 Å². The van der Waals surface area contributed by atoms with Gasteiger partial charge < -0.3 is 10.0 Å². The third kappa shape index (κ3) is 2.78. The Hall–Kier alpha value is -1.51. The fraction of sp³-hybridized carbons (Fsp3) is 0.500. The highest BCUT2D eigenvalue weighted by molar-refractivity contribution is 5.79. The number of anilines is 1. The zero-order valence-electron chi connectivity index (χ0n) is 11.2. The van der Waals surface area contributed by atoms with E-state index >= 15 is 0 Å². The lowest BCUT2D eigenvalue weighted by molar-refractivity contribution is -0.138. The molecular formula is C14H21NO2. The first-order chi connectivity index (χ1) is 7.88. The molecule has 0 fully saturated rings. The average molecular weight is 235 g/mol. The molecule has 1 N–H and O–H groups in total. The van der Waals surface area contributed by atoms with Crippen LogP contribution < -0.4 is 4.90 Å². The van der Waals surface area contributed by atoms with Crippen LogP contribution in [-0.4, -0.2) is 23.7 Å². The molecule has 0 aromatic heterocycles. The molecule has 0 spiro atoms. The van der Waals surface area contributed by atoms with Gasteiger partial charge in [0.1, 0.15) is 6.04 Å². The highest BCUT2D eigenvalue weighted by atomic mass is 16.4. The summed E-state index contributed by atoms with van der Waals surface area (Å²) >= 11 is 0. The molecule has 1 unspecified atom stereocenters. The molecule has 0 radical (unpaired) electrons. The number of carboxylic acids is 1. The molecule has 17 heavy (non-hydrogen) atoms. The van der Waals surface area contributed by atoms with E-state index in [4.69, 9.17) is 5.11 Å². The van der Waals surface area contributed by atoms with Crippen LogP contribution in [0.2, 0.25) is 0 Å². The molecule has 0 amide bonds. The predicted octanol–water partition coefficient (Wildman–Crippen LogP) is 2.91. The molecule has 94 valence electrons. The van der Waals surface area contributed by atoms with Gasteiger partial charge in [0, 0.05) is 12.2 Å². The van der Waals surface area contributed by atoms with E-state index < -0.39 is 12.0 Å². The largest absolute Gasteiger partial charge is 0.480 e. The number of carboxylic acid groups (broad SMARTS) is 1. The van der Waals surface area contributed by atoms with Crippen LogP contribution in [0.5, 0.6) is 0 Å². The maximum atomic E-state index is 11.1. The first-order valence-electron chi connectivity index (χ1n) is 5.95. The molecule has 0 bridgehead atoms. The van der Waals surface area contributed by atoms with Gasteiger partial charge in [0.15, 0.2) is 0 Å². The van der Waals surface area contributed by atoms with Crippen LogP contribution in [0.3, 0.4) is 0 Å². The van der Waals surface area contributed by atoms with Crippen LogP contribution in [0.4, 0.5) is 5.69 Å². The van der Waals surface area contributed by atoms with Gasteiger partial charge in [-0.3, -0.25) is 0 Å². The number of likely N-dealkylation sites (N-methyl/N-ethyl adjacent to an activating group) is 1. The topological polar surface area (TPSA) is 40.5 Å². The van der Waals surface area contributed by atoms with Gasteiger partial charge in [-0.2, -0.15) is 0 Å². The van der Waals surface area contributed by atoms with Crippen molar-refractivity contribution in [3.63, 3.8) is 0 Å². The Morgan fingerprint density at radius 2 is 1.76 bits per heavy atom. The maximum absolute atomic E-state index is 11.1. The van der Waals surface area contributed by atoms with E-state index in [1.54, 1.807) is 6.92 Å². The minimum absolute atomic E-state index is 0.500. The smallest absolute Gasteiger partial charge is 0.326 e. The molecule has 0 aliphatic heterocycles. The van der Waals surface area contributed by atoms with Crippen molar-refractivity contribution in [2.45, 2.75) is 40.7 Å². The first kappa shape index (κ1) is 13.6. The van der Waals surface area contributed by atoms with Crippen LogP contribution in [0.25, 0.3) is 0 Å². The number of aliphatic carboxylic acids is 1. The number of carbonyl (C=O) groups is 1. The molecule has 3 heteroatoms. The molecule has 0 aliphatic rings. The van der Waals surface area contributed by atoms with E-state index in [0.717, 1.165) is 16.8 Å². The summed E-state index contributed by atoms with van der Waals surface area (Å²) in [6, 6.07) is 3.69.